The summed E-state index contributed by atoms with van der Waals surface area (Å²) in [4.78, 5) is 11.0. The van der Waals surface area contributed by atoms with Gasteiger partial charge in [0.1, 0.15) is 0 Å². The summed E-state index contributed by atoms with van der Waals surface area (Å²) >= 11 is 12.1. The van der Waals surface area contributed by atoms with Crippen molar-refractivity contribution < 1.29 is 23.1 Å². The van der Waals surface area contributed by atoms with Crippen molar-refractivity contribution in [2.75, 3.05) is 26.2 Å². The van der Waals surface area contributed by atoms with Crippen LogP contribution in [-0.4, -0.2) is 45.7 Å². The lowest BCUT2D eigenvalue weighted by molar-refractivity contribution is 0.0322. The van der Waals surface area contributed by atoms with E-state index in [-0.39, 0.29) is 41.4 Å². The lowest BCUT2D eigenvalue weighted by Gasteiger charge is -2.25. The van der Waals surface area contributed by atoms with Crippen LogP contribution < -0.4 is 10.0 Å². The van der Waals surface area contributed by atoms with Crippen molar-refractivity contribution in [2.24, 2.45) is 5.92 Å². The molecule has 11 heteroatoms. The molecule has 0 spiro atoms. The zero-order valence-corrected chi connectivity index (χ0v) is 18.8. The number of sulfonamides is 1. The Balaban J connectivity index is 0.00000320. The molecule has 0 radical (unpaired) electrons. The first-order chi connectivity index (χ1) is 13.8. The first-order valence-corrected chi connectivity index (χ1v) is 11.1. The summed E-state index contributed by atoms with van der Waals surface area (Å²) in [5.41, 5.74) is 0.709. The van der Waals surface area contributed by atoms with E-state index >= 15 is 0 Å². The number of halogens is 3. The van der Waals surface area contributed by atoms with Crippen molar-refractivity contribution in [1.29, 1.82) is 0 Å². The van der Waals surface area contributed by atoms with Gasteiger partial charge in [0, 0.05) is 25.6 Å². The zero-order chi connectivity index (χ0) is 21.0. The number of benzene rings is 2. The number of rotatable bonds is 6. The van der Waals surface area contributed by atoms with Gasteiger partial charge in [0.2, 0.25) is 10.0 Å². The van der Waals surface area contributed by atoms with Crippen molar-refractivity contribution in [1.82, 2.24) is 10.0 Å². The summed E-state index contributed by atoms with van der Waals surface area (Å²) < 4.78 is 33.9. The average Bonchev–Trinajstić information content (AvgIpc) is 2.94. The molecule has 2 aromatic rings. The van der Waals surface area contributed by atoms with Gasteiger partial charge in [0.15, 0.2) is 0 Å². The van der Waals surface area contributed by atoms with Crippen LogP contribution in [0.5, 0.6) is 0 Å². The van der Waals surface area contributed by atoms with E-state index in [1.807, 2.05) is 6.07 Å². The van der Waals surface area contributed by atoms with Crippen LogP contribution in [0.2, 0.25) is 10.0 Å². The quantitative estimate of drug-likeness (QED) is 0.567. The third-order valence-corrected chi connectivity index (χ3v) is 6.77. The van der Waals surface area contributed by atoms with Crippen molar-refractivity contribution in [2.45, 2.75) is 11.0 Å². The molecular formula is C19H21Cl3N2O5S. The molecule has 0 saturated carbocycles. The Bertz CT molecular complexity index is 1000. The highest BCUT2D eigenvalue weighted by Gasteiger charge is 2.28. The Labute approximate surface area is 191 Å². The summed E-state index contributed by atoms with van der Waals surface area (Å²) in [6.07, 6.45) is -0.382. The maximum absolute atomic E-state index is 12.7. The number of carboxylic acid groups (broad SMARTS) is 1. The minimum absolute atomic E-state index is 0. The monoisotopic (exact) mass is 494 g/mol. The van der Waals surface area contributed by atoms with Crippen molar-refractivity contribution in [3.8, 4) is 0 Å². The molecule has 2 aromatic carbocycles. The maximum Gasteiger partial charge on any atom is 0.335 e. The van der Waals surface area contributed by atoms with Gasteiger partial charge in [-0.05, 0) is 35.9 Å². The van der Waals surface area contributed by atoms with Crippen LogP contribution in [-0.2, 0) is 14.8 Å². The van der Waals surface area contributed by atoms with Gasteiger partial charge < -0.3 is 15.2 Å². The molecule has 1 aliphatic rings. The van der Waals surface area contributed by atoms with Crippen LogP contribution in [0.3, 0.4) is 0 Å². The van der Waals surface area contributed by atoms with Gasteiger partial charge in [-0.1, -0.05) is 35.3 Å². The van der Waals surface area contributed by atoms with Crippen molar-refractivity contribution in [3.05, 3.63) is 63.6 Å². The number of carbonyl (C=O) groups is 1. The van der Waals surface area contributed by atoms with Gasteiger partial charge in [-0.25, -0.2) is 17.9 Å². The SMILES string of the molecule is Cl.O=C(O)c1cccc(S(=O)(=O)NC[C@@H]2CNCCO[C@H]2c2ccc(Cl)c(Cl)c2)c1. The lowest BCUT2D eigenvalue weighted by atomic mass is 9.95. The Hall–Kier alpha value is -1.39. The topological polar surface area (TPSA) is 105 Å². The second-order valence-corrected chi connectivity index (χ2v) is 9.20. The smallest absolute Gasteiger partial charge is 0.335 e. The molecule has 1 fully saturated rings. The fourth-order valence-corrected chi connectivity index (χ4v) is 4.57. The van der Waals surface area contributed by atoms with E-state index in [0.29, 0.717) is 29.7 Å². The molecule has 7 nitrogen and oxygen atoms in total. The molecule has 30 heavy (non-hydrogen) atoms. The van der Waals surface area contributed by atoms with Gasteiger partial charge in [0.05, 0.1) is 33.2 Å². The third-order valence-electron chi connectivity index (χ3n) is 4.61. The van der Waals surface area contributed by atoms with Crippen molar-refractivity contribution in [3.63, 3.8) is 0 Å². The minimum atomic E-state index is -3.89. The van der Waals surface area contributed by atoms with Crippen molar-refractivity contribution >= 4 is 51.6 Å². The first-order valence-electron chi connectivity index (χ1n) is 8.88. The summed E-state index contributed by atoms with van der Waals surface area (Å²) in [5, 5.41) is 13.1. The fourth-order valence-electron chi connectivity index (χ4n) is 3.12. The lowest BCUT2D eigenvalue weighted by Crippen LogP contribution is -2.36. The second kappa shape index (κ2) is 10.8. The normalized spacial score (nSPS) is 19.5. The molecule has 0 aliphatic carbocycles. The Kier molecular flexibility index (Phi) is 8.93. The number of aromatic carboxylic acids is 1. The highest BCUT2D eigenvalue weighted by Crippen LogP contribution is 2.32. The maximum atomic E-state index is 12.7. The van der Waals surface area contributed by atoms with Gasteiger partial charge in [-0.3, -0.25) is 0 Å². The number of hydrogen-bond acceptors (Lipinski definition) is 5. The number of nitrogens with one attached hydrogen (secondary N) is 2. The second-order valence-electron chi connectivity index (χ2n) is 6.61. The van der Waals surface area contributed by atoms with E-state index in [2.05, 4.69) is 10.0 Å². The molecular weight excluding hydrogens is 475 g/mol. The van der Waals surface area contributed by atoms with E-state index in [4.69, 9.17) is 33.0 Å². The minimum Gasteiger partial charge on any atom is -0.478 e. The fraction of sp³-hybridized carbons (Fsp3) is 0.316. The molecule has 1 aliphatic heterocycles. The van der Waals surface area contributed by atoms with Crippen LogP contribution in [0.1, 0.15) is 22.0 Å². The Morgan fingerprint density at radius 1 is 1.20 bits per heavy atom. The third kappa shape index (κ3) is 6.07. The van der Waals surface area contributed by atoms with Crippen LogP contribution in [0, 0.1) is 5.92 Å². The first kappa shape index (κ1) is 24.9. The standard InChI is InChI=1S/C19H20Cl2N2O5S.ClH/c20-16-5-4-12(9-17(16)21)18-14(10-22-6-7-28-18)11-23-29(26,27)15-3-1-2-13(8-15)19(24)25;/h1-5,8-9,14,18,22-23H,6-7,10-11H2,(H,24,25);1H/t14-,18-;/m0./s1. The van der Waals surface area contributed by atoms with E-state index < -0.39 is 16.0 Å². The molecule has 0 amide bonds. The molecule has 0 unspecified atom stereocenters. The molecule has 3 N–H and O–H groups in total. The Morgan fingerprint density at radius 3 is 2.67 bits per heavy atom. The van der Waals surface area contributed by atoms with Crippen LogP contribution in [0.4, 0.5) is 0 Å². The van der Waals surface area contributed by atoms with E-state index in [1.165, 1.54) is 18.2 Å². The predicted molar refractivity (Wildman–Crippen MR) is 117 cm³/mol. The summed E-state index contributed by atoms with van der Waals surface area (Å²) in [6, 6.07) is 10.4. The van der Waals surface area contributed by atoms with Crippen LogP contribution in [0.25, 0.3) is 0 Å². The summed E-state index contributed by atoms with van der Waals surface area (Å²) in [5.74, 6) is -1.41. The number of ether oxygens (including phenoxy) is 1. The highest BCUT2D eigenvalue weighted by atomic mass is 35.5. The largest absolute Gasteiger partial charge is 0.478 e. The van der Waals surface area contributed by atoms with Gasteiger partial charge in [-0.15, -0.1) is 12.4 Å². The van der Waals surface area contributed by atoms with E-state index in [9.17, 15) is 13.2 Å². The molecule has 0 aromatic heterocycles. The molecule has 1 heterocycles. The van der Waals surface area contributed by atoms with Crippen LogP contribution in [0.15, 0.2) is 47.4 Å². The van der Waals surface area contributed by atoms with Gasteiger partial charge in [0.25, 0.3) is 0 Å². The summed E-state index contributed by atoms with van der Waals surface area (Å²) in [6.45, 7) is 1.73. The van der Waals surface area contributed by atoms with E-state index in [0.717, 1.165) is 11.6 Å². The molecule has 0 bridgehead atoms. The molecule has 1 saturated heterocycles. The Morgan fingerprint density at radius 2 is 1.97 bits per heavy atom. The zero-order valence-electron chi connectivity index (χ0n) is 15.7. The predicted octanol–water partition coefficient (Wildman–Crippen LogP) is 3.37. The average molecular weight is 496 g/mol. The van der Waals surface area contributed by atoms with Gasteiger partial charge >= 0.3 is 5.97 Å². The summed E-state index contributed by atoms with van der Waals surface area (Å²) in [7, 11) is -3.89. The van der Waals surface area contributed by atoms with E-state index in [1.54, 1.807) is 12.1 Å². The number of carboxylic acids is 1. The number of hydrogen-bond donors (Lipinski definition) is 3. The molecule has 3 rings (SSSR count). The highest BCUT2D eigenvalue weighted by molar-refractivity contribution is 7.89. The van der Waals surface area contributed by atoms with Crippen LogP contribution >= 0.6 is 35.6 Å². The molecule has 164 valence electrons. The molecule has 2 atom stereocenters. The van der Waals surface area contributed by atoms with Gasteiger partial charge in [-0.2, -0.15) is 0 Å².